The molecule has 0 spiro atoms. The molecule has 1 N–H and O–H groups in total. The number of aryl methyl sites for hydroxylation is 1. The summed E-state index contributed by atoms with van der Waals surface area (Å²) in [4.78, 5) is 4.82. The number of nitrogens with zero attached hydrogens (tertiary/aromatic N) is 2. The van der Waals surface area contributed by atoms with E-state index in [1.807, 2.05) is 0 Å². The van der Waals surface area contributed by atoms with Gasteiger partial charge in [-0.15, -0.1) is 0 Å². The number of hydrogen-bond donors (Lipinski definition) is 1. The van der Waals surface area contributed by atoms with Crippen LogP contribution in [0.4, 0.5) is 0 Å². The molecule has 4 heteroatoms. The summed E-state index contributed by atoms with van der Waals surface area (Å²) in [5, 5.41) is 9.40. The number of aliphatic hydroxyl groups is 1. The minimum absolute atomic E-state index is 0.246. The van der Waals surface area contributed by atoms with Crippen molar-refractivity contribution in [2.75, 3.05) is 18.1 Å². The molecule has 0 aliphatic carbocycles. The summed E-state index contributed by atoms with van der Waals surface area (Å²) < 4.78 is 2.28. The average Bonchev–Trinajstić information content (AvgIpc) is 2.83. The standard InChI is InChI=1S/C13H20N2OS/c16-8-10-3-1-5-15-7-12(14-13(10)15)11-4-2-6-17-9-11/h7,10-11,16H,1-6,8-9H2. The molecule has 2 atom stereocenters. The van der Waals surface area contributed by atoms with Gasteiger partial charge in [0, 0.05) is 30.3 Å². The van der Waals surface area contributed by atoms with Crippen LogP contribution in [0.5, 0.6) is 0 Å². The number of thioether (sulfide) groups is 1. The van der Waals surface area contributed by atoms with Crippen LogP contribution in [0, 0.1) is 0 Å². The Morgan fingerprint density at radius 2 is 2.35 bits per heavy atom. The molecule has 0 aromatic carbocycles. The maximum Gasteiger partial charge on any atom is 0.114 e. The van der Waals surface area contributed by atoms with E-state index in [4.69, 9.17) is 4.98 Å². The van der Waals surface area contributed by atoms with Crippen LogP contribution in [-0.2, 0) is 6.54 Å². The van der Waals surface area contributed by atoms with Crippen LogP contribution < -0.4 is 0 Å². The second kappa shape index (κ2) is 5.02. The second-order valence-corrected chi connectivity index (χ2v) is 6.30. The van der Waals surface area contributed by atoms with Crippen LogP contribution >= 0.6 is 11.8 Å². The molecule has 0 amide bonds. The highest BCUT2D eigenvalue weighted by atomic mass is 32.2. The third kappa shape index (κ3) is 2.25. The van der Waals surface area contributed by atoms with Crippen LogP contribution in [0.25, 0.3) is 0 Å². The van der Waals surface area contributed by atoms with Crippen molar-refractivity contribution in [2.45, 2.75) is 44.1 Å². The van der Waals surface area contributed by atoms with Gasteiger partial charge in [-0.3, -0.25) is 0 Å². The van der Waals surface area contributed by atoms with Gasteiger partial charge in [0.1, 0.15) is 5.82 Å². The minimum atomic E-state index is 0.246. The Hall–Kier alpha value is -0.480. The summed E-state index contributed by atoms with van der Waals surface area (Å²) in [7, 11) is 0. The predicted octanol–water partition coefficient (Wildman–Crippen LogP) is 2.36. The Morgan fingerprint density at radius 1 is 1.41 bits per heavy atom. The molecule has 0 saturated carbocycles. The van der Waals surface area contributed by atoms with E-state index >= 15 is 0 Å². The van der Waals surface area contributed by atoms with Crippen molar-refractivity contribution in [3.63, 3.8) is 0 Å². The highest BCUT2D eigenvalue weighted by Crippen LogP contribution is 2.33. The van der Waals surface area contributed by atoms with Gasteiger partial charge in [0.25, 0.3) is 0 Å². The first-order valence-electron chi connectivity index (χ1n) is 6.64. The second-order valence-electron chi connectivity index (χ2n) is 5.15. The lowest BCUT2D eigenvalue weighted by atomic mass is 10.0. The molecule has 0 bridgehead atoms. The molecule has 2 aliphatic rings. The van der Waals surface area contributed by atoms with Crippen molar-refractivity contribution in [1.29, 1.82) is 0 Å². The number of aliphatic hydroxyl groups excluding tert-OH is 1. The zero-order valence-corrected chi connectivity index (χ0v) is 11.0. The van der Waals surface area contributed by atoms with Gasteiger partial charge in [-0.05, 0) is 31.4 Å². The highest BCUT2D eigenvalue weighted by Gasteiger charge is 2.25. The number of hydrogen-bond acceptors (Lipinski definition) is 3. The summed E-state index contributed by atoms with van der Waals surface area (Å²) in [5.41, 5.74) is 1.27. The Morgan fingerprint density at radius 3 is 3.12 bits per heavy atom. The molecule has 1 fully saturated rings. The molecule has 2 unspecified atom stereocenters. The van der Waals surface area contributed by atoms with E-state index in [1.54, 1.807) is 0 Å². The predicted molar refractivity (Wildman–Crippen MR) is 70.6 cm³/mol. The summed E-state index contributed by atoms with van der Waals surface area (Å²) in [5.74, 6) is 4.58. The van der Waals surface area contributed by atoms with Gasteiger partial charge in [-0.1, -0.05) is 0 Å². The normalized spacial score (nSPS) is 29.0. The molecule has 3 nitrogen and oxygen atoms in total. The fraction of sp³-hybridized carbons (Fsp3) is 0.769. The Kier molecular flexibility index (Phi) is 3.43. The molecule has 17 heavy (non-hydrogen) atoms. The molecule has 2 aliphatic heterocycles. The quantitative estimate of drug-likeness (QED) is 0.878. The van der Waals surface area contributed by atoms with Crippen LogP contribution in [0.2, 0.25) is 0 Å². The van der Waals surface area contributed by atoms with Crippen molar-refractivity contribution in [1.82, 2.24) is 9.55 Å². The van der Waals surface area contributed by atoms with Gasteiger partial charge in [-0.2, -0.15) is 11.8 Å². The van der Waals surface area contributed by atoms with Crippen LogP contribution in [0.3, 0.4) is 0 Å². The van der Waals surface area contributed by atoms with E-state index < -0.39 is 0 Å². The van der Waals surface area contributed by atoms with E-state index in [1.165, 1.54) is 36.5 Å². The first-order chi connectivity index (χ1) is 8.38. The number of rotatable bonds is 2. The van der Waals surface area contributed by atoms with E-state index in [0.29, 0.717) is 5.92 Å². The van der Waals surface area contributed by atoms with E-state index in [-0.39, 0.29) is 12.5 Å². The lowest BCUT2D eigenvalue weighted by molar-refractivity contribution is 0.238. The van der Waals surface area contributed by atoms with Gasteiger partial charge in [0.2, 0.25) is 0 Å². The van der Waals surface area contributed by atoms with Gasteiger partial charge in [0.15, 0.2) is 0 Å². The van der Waals surface area contributed by atoms with Gasteiger partial charge >= 0.3 is 0 Å². The molecule has 3 heterocycles. The van der Waals surface area contributed by atoms with Gasteiger partial charge in [-0.25, -0.2) is 4.98 Å². The van der Waals surface area contributed by atoms with E-state index in [0.717, 1.165) is 18.8 Å². The van der Waals surface area contributed by atoms with Crippen LogP contribution in [0.1, 0.15) is 49.0 Å². The number of imidazole rings is 1. The fourth-order valence-electron chi connectivity index (χ4n) is 2.94. The van der Waals surface area contributed by atoms with Crippen LogP contribution in [0.15, 0.2) is 6.20 Å². The maximum absolute atomic E-state index is 9.40. The monoisotopic (exact) mass is 252 g/mol. The van der Waals surface area contributed by atoms with Crippen molar-refractivity contribution >= 4 is 11.8 Å². The van der Waals surface area contributed by atoms with Crippen molar-refractivity contribution in [3.8, 4) is 0 Å². The Balaban J connectivity index is 1.84. The smallest absolute Gasteiger partial charge is 0.114 e. The Labute approximate surface area is 107 Å². The topological polar surface area (TPSA) is 38.0 Å². The van der Waals surface area contributed by atoms with Crippen molar-refractivity contribution in [3.05, 3.63) is 17.7 Å². The molecule has 0 radical (unpaired) electrons. The molecule has 1 aromatic rings. The first kappa shape index (κ1) is 11.6. The van der Waals surface area contributed by atoms with Crippen molar-refractivity contribution in [2.24, 2.45) is 0 Å². The highest BCUT2D eigenvalue weighted by molar-refractivity contribution is 7.99. The zero-order valence-electron chi connectivity index (χ0n) is 10.1. The van der Waals surface area contributed by atoms with Crippen molar-refractivity contribution < 1.29 is 5.11 Å². The lowest BCUT2D eigenvalue weighted by Crippen LogP contribution is -2.18. The Bertz CT molecular complexity index is 385. The molecule has 1 aromatic heterocycles. The number of aromatic nitrogens is 2. The number of fused-ring (bicyclic) bond motifs is 1. The van der Waals surface area contributed by atoms with E-state index in [2.05, 4.69) is 22.5 Å². The largest absolute Gasteiger partial charge is 0.396 e. The SMILES string of the molecule is OCC1CCCn2cc(C3CCCSC3)nc21. The zero-order chi connectivity index (χ0) is 11.7. The lowest BCUT2D eigenvalue weighted by Gasteiger charge is -2.21. The molecular weight excluding hydrogens is 232 g/mol. The van der Waals surface area contributed by atoms with Gasteiger partial charge in [0.05, 0.1) is 12.3 Å². The van der Waals surface area contributed by atoms with Crippen LogP contribution in [-0.4, -0.2) is 32.8 Å². The molecule has 3 rings (SSSR count). The van der Waals surface area contributed by atoms with Gasteiger partial charge < -0.3 is 9.67 Å². The first-order valence-corrected chi connectivity index (χ1v) is 7.79. The summed E-state index contributed by atoms with van der Waals surface area (Å²) in [6.45, 7) is 1.33. The molecule has 94 valence electrons. The third-order valence-corrected chi connectivity index (χ3v) is 5.16. The fourth-order valence-corrected chi connectivity index (χ4v) is 4.10. The average molecular weight is 252 g/mol. The maximum atomic E-state index is 9.40. The molecule has 1 saturated heterocycles. The molecular formula is C13H20N2OS. The summed E-state index contributed by atoms with van der Waals surface area (Å²) in [6.07, 6.45) is 7.11. The third-order valence-electron chi connectivity index (χ3n) is 3.94. The minimum Gasteiger partial charge on any atom is -0.396 e. The summed E-state index contributed by atoms with van der Waals surface area (Å²) >= 11 is 2.05. The summed E-state index contributed by atoms with van der Waals surface area (Å²) in [6, 6.07) is 0. The van der Waals surface area contributed by atoms with E-state index in [9.17, 15) is 5.11 Å².